The number of rotatable bonds is 6. The van der Waals surface area contributed by atoms with Gasteiger partial charge in [0.05, 0.1) is 0 Å². The maximum Gasteiger partial charge on any atom is 0.266 e. The molecule has 3 aromatic rings. The third-order valence-corrected chi connectivity index (χ3v) is 5.34. The zero-order chi connectivity index (χ0) is 22.4. The van der Waals surface area contributed by atoms with E-state index in [0.29, 0.717) is 17.3 Å². The number of halogens is 2. The molecule has 0 aliphatic carbocycles. The predicted molar refractivity (Wildman–Crippen MR) is 128 cm³/mol. The van der Waals surface area contributed by atoms with Crippen LogP contribution in [0.1, 0.15) is 22.3 Å². The fraction of sp³-hybridized carbons (Fsp3) is 0.120. The van der Waals surface area contributed by atoms with Gasteiger partial charge in [-0.3, -0.25) is 4.79 Å². The van der Waals surface area contributed by atoms with Crippen molar-refractivity contribution in [1.29, 1.82) is 5.26 Å². The number of amides is 1. The highest BCUT2D eigenvalue weighted by atomic mass is 79.9. The van der Waals surface area contributed by atoms with E-state index in [2.05, 4.69) is 21.2 Å². The lowest BCUT2D eigenvalue weighted by atomic mass is 10.0. The first kappa shape index (κ1) is 22.6. The molecule has 0 aliphatic heterocycles. The molecular formula is C25H20BrClN2O2. The summed E-state index contributed by atoms with van der Waals surface area (Å²) in [5.41, 5.74) is 4.26. The molecule has 31 heavy (non-hydrogen) atoms. The average molecular weight is 496 g/mol. The van der Waals surface area contributed by atoms with Gasteiger partial charge >= 0.3 is 0 Å². The molecule has 4 nitrogen and oxygen atoms in total. The minimum Gasteiger partial charge on any atom is -0.488 e. The first-order valence-electron chi connectivity index (χ1n) is 9.53. The summed E-state index contributed by atoms with van der Waals surface area (Å²) in [5.74, 6) is 0.319. The van der Waals surface area contributed by atoms with E-state index in [0.717, 1.165) is 32.5 Å². The molecule has 0 atom stereocenters. The van der Waals surface area contributed by atoms with Crippen LogP contribution < -0.4 is 10.1 Å². The van der Waals surface area contributed by atoms with E-state index in [1.54, 1.807) is 30.3 Å². The molecule has 156 valence electrons. The summed E-state index contributed by atoms with van der Waals surface area (Å²) in [6, 6.07) is 20.4. The molecule has 0 aliphatic rings. The van der Waals surface area contributed by atoms with E-state index in [4.69, 9.17) is 16.3 Å². The zero-order valence-electron chi connectivity index (χ0n) is 17.1. The summed E-state index contributed by atoms with van der Waals surface area (Å²) in [6.07, 6.45) is 1.57. The zero-order valence-corrected chi connectivity index (χ0v) is 19.4. The third kappa shape index (κ3) is 6.21. The van der Waals surface area contributed by atoms with Crippen LogP contribution in [0.15, 0.2) is 70.7 Å². The van der Waals surface area contributed by atoms with Gasteiger partial charge in [0.2, 0.25) is 0 Å². The molecular weight excluding hydrogens is 476 g/mol. The Morgan fingerprint density at radius 3 is 2.29 bits per heavy atom. The molecule has 0 heterocycles. The smallest absolute Gasteiger partial charge is 0.266 e. The number of aryl methyl sites for hydroxylation is 2. The van der Waals surface area contributed by atoms with Crippen LogP contribution in [0, 0.1) is 25.2 Å². The number of nitrogens with zero attached hydrogens (tertiary/aromatic N) is 1. The van der Waals surface area contributed by atoms with Crippen molar-refractivity contribution < 1.29 is 9.53 Å². The number of nitriles is 1. The molecule has 0 spiro atoms. The molecule has 6 heteroatoms. The lowest BCUT2D eigenvalue weighted by Crippen LogP contribution is -2.13. The summed E-state index contributed by atoms with van der Waals surface area (Å²) >= 11 is 9.29. The molecule has 0 radical (unpaired) electrons. The molecule has 1 amide bonds. The summed E-state index contributed by atoms with van der Waals surface area (Å²) in [4.78, 5) is 12.5. The molecule has 0 fully saturated rings. The molecule has 0 saturated heterocycles. The lowest BCUT2D eigenvalue weighted by Gasteiger charge is -2.13. The van der Waals surface area contributed by atoms with Crippen molar-refractivity contribution in [3.05, 3.63) is 98.0 Å². The molecule has 3 rings (SSSR count). The van der Waals surface area contributed by atoms with Crippen LogP contribution in [0.4, 0.5) is 5.69 Å². The second-order valence-electron chi connectivity index (χ2n) is 7.03. The Morgan fingerprint density at radius 1 is 1.10 bits per heavy atom. The number of carbonyl (C=O) groups excluding carboxylic acids is 1. The summed E-state index contributed by atoms with van der Waals surface area (Å²) in [5, 5.41) is 12.8. The van der Waals surface area contributed by atoms with Gasteiger partial charge in [0.1, 0.15) is 24.0 Å². The van der Waals surface area contributed by atoms with Gasteiger partial charge in [0, 0.05) is 15.2 Å². The van der Waals surface area contributed by atoms with Crippen LogP contribution in [-0.4, -0.2) is 5.91 Å². The molecule has 0 saturated carbocycles. The normalized spacial score (nSPS) is 11.0. The van der Waals surface area contributed by atoms with Gasteiger partial charge in [-0.25, -0.2) is 0 Å². The highest BCUT2D eigenvalue weighted by Crippen LogP contribution is 2.27. The van der Waals surface area contributed by atoms with Gasteiger partial charge in [-0.15, -0.1) is 0 Å². The van der Waals surface area contributed by atoms with Crippen LogP contribution in [0.25, 0.3) is 6.08 Å². The number of hydrogen-bond acceptors (Lipinski definition) is 3. The Bertz CT molecular complexity index is 1140. The lowest BCUT2D eigenvalue weighted by molar-refractivity contribution is -0.112. The number of carbonyl (C=O) groups is 1. The summed E-state index contributed by atoms with van der Waals surface area (Å²) < 4.78 is 7.05. The third-order valence-electron chi connectivity index (χ3n) is 4.56. The van der Waals surface area contributed by atoms with E-state index in [1.807, 2.05) is 56.3 Å². The molecule has 1 N–H and O–H groups in total. The van der Waals surface area contributed by atoms with Gasteiger partial charge < -0.3 is 10.1 Å². The molecule has 0 unspecified atom stereocenters. The van der Waals surface area contributed by atoms with Gasteiger partial charge in [-0.05, 0) is 90.7 Å². The van der Waals surface area contributed by atoms with Crippen LogP contribution >= 0.6 is 27.5 Å². The van der Waals surface area contributed by atoms with Crippen molar-refractivity contribution in [2.75, 3.05) is 5.32 Å². The van der Waals surface area contributed by atoms with E-state index in [-0.39, 0.29) is 5.57 Å². The Kier molecular flexibility index (Phi) is 7.51. The maximum atomic E-state index is 12.5. The molecule has 0 bridgehead atoms. The van der Waals surface area contributed by atoms with Crippen molar-refractivity contribution in [1.82, 2.24) is 0 Å². The fourth-order valence-electron chi connectivity index (χ4n) is 3.08. The van der Waals surface area contributed by atoms with E-state index in [9.17, 15) is 10.1 Å². The summed E-state index contributed by atoms with van der Waals surface area (Å²) in [7, 11) is 0. The highest BCUT2D eigenvalue weighted by molar-refractivity contribution is 9.10. The van der Waals surface area contributed by atoms with Gasteiger partial charge in [0.15, 0.2) is 0 Å². The first-order valence-corrected chi connectivity index (χ1v) is 10.7. The summed E-state index contributed by atoms with van der Waals surface area (Å²) in [6.45, 7) is 4.35. The van der Waals surface area contributed by atoms with Crippen molar-refractivity contribution >= 4 is 45.2 Å². The van der Waals surface area contributed by atoms with Gasteiger partial charge in [-0.2, -0.15) is 5.26 Å². The second-order valence-corrected chi connectivity index (χ2v) is 8.38. The standard InChI is InChI=1S/C25H20BrClN2O2/c1-16-11-19(12-17(2)24(16)31-15-18-3-5-21(26)6-4-18)13-20(14-28)25(30)29-23-9-7-22(27)8-10-23/h3-13H,15H2,1-2H3,(H,29,30)/b20-13+. The minimum absolute atomic E-state index is 0.0114. The average Bonchev–Trinajstić information content (AvgIpc) is 2.74. The van der Waals surface area contributed by atoms with Crippen molar-refractivity contribution in [3.63, 3.8) is 0 Å². The predicted octanol–water partition coefficient (Wildman–Crippen LogP) is 6.84. The van der Waals surface area contributed by atoms with E-state index in [1.165, 1.54) is 0 Å². The number of benzene rings is 3. The quantitative estimate of drug-likeness (QED) is 0.301. The van der Waals surface area contributed by atoms with Crippen LogP contribution in [0.3, 0.4) is 0 Å². The van der Waals surface area contributed by atoms with Crippen molar-refractivity contribution in [2.24, 2.45) is 0 Å². The van der Waals surface area contributed by atoms with E-state index >= 15 is 0 Å². The Labute approximate surface area is 195 Å². The highest BCUT2D eigenvalue weighted by Gasteiger charge is 2.12. The van der Waals surface area contributed by atoms with Crippen LogP contribution in [0.2, 0.25) is 5.02 Å². The maximum absolute atomic E-state index is 12.5. The largest absolute Gasteiger partial charge is 0.488 e. The minimum atomic E-state index is -0.476. The van der Waals surface area contributed by atoms with E-state index < -0.39 is 5.91 Å². The Hall–Kier alpha value is -3.07. The SMILES string of the molecule is Cc1cc(/C=C(\C#N)C(=O)Nc2ccc(Cl)cc2)cc(C)c1OCc1ccc(Br)cc1. The van der Waals surface area contributed by atoms with Gasteiger partial charge in [-0.1, -0.05) is 39.7 Å². The number of nitrogens with one attached hydrogen (secondary N) is 1. The number of ether oxygens (including phenoxy) is 1. The van der Waals surface area contributed by atoms with Crippen molar-refractivity contribution in [2.45, 2.75) is 20.5 Å². The topological polar surface area (TPSA) is 62.1 Å². The monoisotopic (exact) mass is 494 g/mol. The van der Waals surface area contributed by atoms with Crippen molar-refractivity contribution in [3.8, 4) is 11.8 Å². The fourth-order valence-corrected chi connectivity index (χ4v) is 3.47. The first-order chi connectivity index (χ1) is 14.9. The molecule has 3 aromatic carbocycles. The van der Waals surface area contributed by atoms with Gasteiger partial charge in [0.25, 0.3) is 5.91 Å². The second kappa shape index (κ2) is 10.3. The molecule has 0 aromatic heterocycles. The van der Waals surface area contributed by atoms with Crippen LogP contribution in [-0.2, 0) is 11.4 Å². The Morgan fingerprint density at radius 2 is 1.71 bits per heavy atom. The van der Waals surface area contributed by atoms with Crippen LogP contribution in [0.5, 0.6) is 5.75 Å². The number of anilines is 1. The number of hydrogen-bond donors (Lipinski definition) is 1. The Balaban J connectivity index is 1.76.